The Morgan fingerprint density at radius 2 is 0.384 bits per heavy atom. The lowest BCUT2D eigenvalue weighted by Crippen LogP contribution is -2.01. The van der Waals surface area contributed by atoms with Crippen LogP contribution in [-0.2, 0) is 0 Å². The highest BCUT2D eigenvalue weighted by Gasteiger charge is 2.29. The van der Waals surface area contributed by atoms with Crippen LogP contribution >= 0.6 is 0 Å². The molecule has 0 aromatic heterocycles. The smallest absolute Gasteiger partial charge is 0.131 e. The third-order valence-corrected chi connectivity index (χ3v) is 17.0. The Bertz CT molecular complexity index is 4570. The van der Waals surface area contributed by atoms with E-state index in [1.807, 2.05) is 12.1 Å². The van der Waals surface area contributed by atoms with Crippen molar-refractivity contribution < 1.29 is 18.9 Å². The van der Waals surface area contributed by atoms with Crippen LogP contribution in [0.3, 0.4) is 0 Å². The molecular weight excluding hydrogens is 1050 g/mol. The average Bonchev–Trinajstić information content (AvgIpc) is 0.829. The van der Waals surface area contributed by atoms with E-state index in [1.165, 1.54) is 0 Å². The highest BCUT2D eigenvalue weighted by atomic mass is 16.5. The van der Waals surface area contributed by atoms with E-state index >= 15 is 0 Å². The van der Waals surface area contributed by atoms with Crippen LogP contribution in [0, 0.1) is 23.7 Å². The van der Waals surface area contributed by atoms with Crippen molar-refractivity contribution in [2.45, 2.75) is 0 Å². The maximum absolute atomic E-state index is 6.49. The number of fused-ring (bicyclic) bond motifs is 8. The monoisotopic (exact) mass is 1100 g/mol. The lowest BCUT2D eigenvalue weighted by molar-refractivity contribution is 0.396. The van der Waals surface area contributed by atoms with E-state index < -0.39 is 0 Å². The Labute approximate surface area is 499 Å². The number of hydrogen-bond donors (Lipinski definition) is 0. The van der Waals surface area contributed by atoms with Crippen LogP contribution in [0.15, 0.2) is 255 Å². The molecule has 0 spiro atoms. The molecule has 0 aliphatic heterocycles. The minimum Gasteiger partial charge on any atom is -0.496 e. The SMILES string of the molecule is COc1cc(OC)c(-c2c3ccccc3cc3ccccc23)c(C#Cc2ccc(C#Cc3c(-c4c5ccccc5cc5ccccc45)c(OC)cc(OC)c3-c3c4ccccc4cc4ccccc34)cc2)c1-c1c2ccccc2cc2ccccc12. The second-order valence-corrected chi connectivity index (χ2v) is 21.7. The van der Waals surface area contributed by atoms with Crippen molar-refractivity contribution in [2.75, 3.05) is 28.4 Å². The quantitative estimate of drug-likeness (QED) is 0.112. The third-order valence-electron chi connectivity index (χ3n) is 17.0. The van der Waals surface area contributed by atoms with E-state index in [0.717, 1.165) is 153 Å². The van der Waals surface area contributed by atoms with Crippen LogP contribution in [-0.4, -0.2) is 28.4 Å². The van der Waals surface area contributed by atoms with Gasteiger partial charge in [0.15, 0.2) is 0 Å². The number of methoxy groups -OCH3 is 4. The maximum Gasteiger partial charge on any atom is 0.131 e. The van der Waals surface area contributed by atoms with Gasteiger partial charge in [-0.05, 0) is 135 Å². The van der Waals surface area contributed by atoms with Crippen LogP contribution in [0.4, 0.5) is 0 Å². The number of rotatable bonds is 8. The number of ether oxygens (including phenoxy) is 4. The zero-order valence-corrected chi connectivity index (χ0v) is 47.9. The van der Waals surface area contributed by atoms with Gasteiger partial charge in [0, 0.05) is 78.9 Å². The van der Waals surface area contributed by atoms with E-state index in [9.17, 15) is 0 Å². The minimum absolute atomic E-state index is 0.660. The molecule has 86 heavy (non-hydrogen) atoms. The summed E-state index contributed by atoms with van der Waals surface area (Å²) < 4.78 is 25.9. The Morgan fingerprint density at radius 3 is 0.570 bits per heavy atom. The Hall–Kier alpha value is -11.3. The summed E-state index contributed by atoms with van der Waals surface area (Å²) in [5.41, 5.74) is 10.9. The molecule has 0 atom stereocenters. The molecule has 0 radical (unpaired) electrons. The molecule has 0 saturated heterocycles. The van der Waals surface area contributed by atoms with Crippen molar-refractivity contribution in [3.8, 4) is 91.2 Å². The average molecular weight is 1100 g/mol. The third kappa shape index (κ3) is 8.58. The molecule has 15 aromatic rings. The summed E-state index contributed by atoms with van der Waals surface area (Å²) in [6.45, 7) is 0. The Kier molecular flexibility index (Phi) is 12.9. The zero-order valence-electron chi connectivity index (χ0n) is 47.9. The molecule has 0 fully saturated rings. The van der Waals surface area contributed by atoms with Gasteiger partial charge in [0.25, 0.3) is 0 Å². The van der Waals surface area contributed by atoms with Crippen LogP contribution in [0.1, 0.15) is 22.3 Å². The predicted molar refractivity (Wildman–Crippen MR) is 359 cm³/mol. The van der Waals surface area contributed by atoms with E-state index in [1.54, 1.807) is 28.4 Å². The van der Waals surface area contributed by atoms with Gasteiger partial charge in [0.05, 0.1) is 28.4 Å². The molecule has 0 unspecified atom stereocenters. The first kappa shape index (κ1) is 51.6. The molecule has 15 aromatic carbocycles. The molecule has 0 saturated carbocycles. The van der Waals surface area contributed by atoms with Crippen molar-refractivity contribution in [3.63, 3.8) is 0 Å². The van der Waals surface area contributed by atoms with Gasteiger partial charge in [0.2, 0.25) is 0 Å². The molecule has 0 aliphatic carbocycles. The van der Waals surface area contributed by atoms with E-state index in [-0.39, 0.29) is 0 Å². The van der Waals surface area contributed by atoms with Gasteiger partial charge in [-0.1, -0.05) is 218 Å². The normalized spacial score (nSPS) is 11.3. The molecular formula is C82H54O4. The van der Waals surface area contributed by atoms with E-state index in [4.69, 9.17) is 18.9 Å². The van der Waals surface area contributed by atoms with Gasteiger partial charge in [-0.2, -0.15) is 0 Å². The Balaban J connectivity index is 0.979. The molecule has 0 N–H and O–H groups in total. The maximum atomic E-state index is 6.49. The van der Waals surface area contributed by atoms with Crippen molar-refractivity contribution in [2.24, 2.45) is 0 Å². The minimum atomic E-state index is 0.660. The van der Waals surface area contributed by atoms with Crippen LogP contribution in [0.2, 0.25) is 0 Å². The van der Waals surface area contributed by atoms with Crippen molar-refractivity contribution in [3.05, 3.63) is 277 Å². The summed E-state index contributed by atoms with van der Waals surface area (Å²) in [6.07, 6.45) is 0. The second kappa shape index (κ2) is 21.5. The van der Waals surface area contributed by atoms with Gasteiger partial charge in [-0.25, -0.2) is 0 Å². The van der Waals surface area contributed by atoms with Gasteiger partial charge < -0.3 is 18.9 Å². The van der Waals surface area contributed by atoms with Crippen molar-refractivity contribution >= 4 is 86.2 Å². The van der Waals surface area contributed by atoms with Crippen molar-refractivity contribution in [1.29, 1.82) is 0 Å². The van der Waals surface area contributed by atoms with E-state index in [0.29, 0.717) is 23.0 Å². The molecule has 15 rings (SSSR count). The number of hydrogen-bond acceptors (Lipinski definition) is 4. The molecule has 4 heteroatoms. The van der Waals surface area contributed by atoms with Gasteiger partial charge in [-0.3, -0.25) is 0 Å². The second-order valence-electron chi connectivity index (χ2n) is 21.7. The highest BCUT2D eigenvalue weighted by Crippen LogP contribution is 2.54. The largest absolute Gasteiger partial charge is 0.496 e. The fourth-order valence-electron chi connectivity index (χ4n) is 13.2. The molecule has 406 valence electrons. The highest BCUT2D eigenvalue weighted by molar-refractivity contribution is 6.21. The molecule has 0 amide bonds. The molecule has 0 aliphatic rings. The van der Waals surface area contributed by atoms with Crippen molar-refractivity contribution in [1.82, 2.24) is 0 Å². The molecule has 4 nitrogen and oxygen atoms in total. The summed E-state index contributed by atoms with van der Waals surface area (Å²) >= 11 is 0. The van der Waals surface area contributed by atoms with E-state index in [2.05, 4.69) is 266 Å². The van der Waals surface area contributed by atoms with Crippen LogP contribution in [0.25, 0.3) is 131 Å². The zero-order chi connectivity index (χ0) is 57.8. The topological polar surface area (TPSA) is 36.9 Å². The lowest BCUT2D eigenvalue weighted by Gasteiger charge is -2.23. The molecule has 0 heterocycles. The first-order valence-electron chi connectivity index (χ1n) is 28.9. The van der Waals surface area contributed by atoms with Crippen LogP contribution in [0.5, 0.6) is 23.0 Å². The molecule has 0 bridgehead atoms. The first-order chi connectivity index (χ1) is 42.5. The summed E-state index contributed by atoms with van der Waals surface area (Å²) in [5, 5.41) is 17.7. The van der Waals surface area contributed by atoms with Gasteiger partial charge in [0.1, 0.15) is 23.0 Å². The summed E-state index contributed by atoms with van der Waals surface area (Å²) in [7, 11) is 6.93. The summed E-state index contributed by atoms with van der Waals surface area (Å²) in [6, 6.07) is 90.1. The number of benzene rings is 15. The predicted octanol–water partition coefficient (Wildman–Crippen LogP) is 20.4. The van der Waals surface area contributed by atoms with Gasteiger partial charge >= 0.3 is 0 Å². The van der Waals surface area contributed by atoms with Crippen LogP contribution < -0.4 is 18.9 Å². The summed E-state index contributed by atoms with van der Waals surface area (Å²) in [4.78, 5) is 0. The summed E-state index contributed by atoms with van der Waals surface area (Å²) in [5.74, 6) is 17.7. The fraction of sp³-hybridized carbons (Fsp3) is 0.0488. The fourth-order valence-corrected chi connectivity index (χ4v) is 13.2. The standard InChI is InChI=1S/C82H54O4/c1-83-71-49-72(84-2)80(76-63-31-15-7-23-55(63)46-56-24-8-16-32-64(56)76)69(79(71)75-61-29-13-5-21-53(61)45-54-22-6-14-30-62(54)75)43-41-51-37-39-52(40-38-51)42-44-70-81(77-65-33-17-9-25-57(65)47-58-26-10-18-34-66(58)77)73(85-3)50-74(86-4)82(70)78-67-35-19-11-27-59(67)48-60-28-12-20-36-68(60)78/h5-40,45-50H,1-4H3. The Morgan fingerprint density at radius 1 is 0.198 bits per heavy atom. The van der Waals surface area contributed by atoms with Gasteiger partial charge in [-0.15, -0.1) is 0 Å². The first-order valence-corrected chi connectivity index (χ1v) is 28.9. The lowest BCUT2D eigenvalue weighted by atomic mass is 9.83.